The van der Waals surface area contributed by atoms with Gasteiger partial charge in [-0.1, -0.05) is 25.5 Å². The number of carbonyl (C=O) groups is 2. The Hall–Kier alpha value is -2.89. The standard InChI is InChI=1S/C19H22N2O4/c1-3-4-14-5-7-17(8-6-14)25-13-18(22)21-12-16-11-15(9-10-20-16)19(23)24-2/h5-11H,3-4,12-13H2,1-2H3,(H,21,22). The minimum absolute atomic E-state index is 0.0795. The predicted octanol–water partition coefficient (Wildman–Crippen LogP) is 2.52. The van der Waals surface area contributed by atoms with Crippen LogP contribution in [0.3, 0.4) is 0 Å². The van der Waals surface area contributed by atoms with Crippen LogP contribution in [0.25, 0.3) is 0 Å². The molecule has 132 valence electrons. The second-order valence-electron chi connectivity index (χ2n) is 5.49. The van der Waals surface area contributed by atoms with Gasteiger partial charge in [-0.3, -0.25) is 9.78 Å². The van der Waals surface area contributed by atoms with Crippen molar-refractivity contribution >= 4 is 11.9 Å². The molecule has 6 nitrogen and oxygen atoms in total. The van der Waals surface area contributed by atoms with E-state index in [9.17, 15) is 9.59 Å². The number of nitrogens with zero attached hydrogens (tertiary/aromatic N) is 1. The van der Waals surface area contributed by atoms with Crippen molar-refractivity contribution in [3.05, 3.63) is 59.4 Å². The van der Waals surface area contributed by atoms with Crippen LogP contribution in [0.5, 0.6) is 5.75 Å². The molecule has 1 aromatic heterocycles. The maximum absolute atomic E-state index is 11.9. The third kappa shape index (κ3) is 5.91. The van der Waals surface area contributed by atoms with Crippen molar-refractivity contribution in [1.82, 2.24) is 10.3 Å². The molecule has 0 bridgehead atoms. The molecule has 1 N–H and O–H groups in total. The molecule has 0 saturated carbocycles. The van der Waals surface area contributed by atoms with Crippen LogP contribution in [0.2, 0.25) is 0 Å². The molecule has 1 amide bonds. The fraction of sp³-hybridized carbons (Fsp3) is 0.316. The van der Waals surface area contributed by atoms with Gasteiger partial charge in [0.1, 0.15) is 5.75 Å². The summed E-state index contributed by atoms with van der Waals surface area (Å²) in [6.45, 7) is 2.26. The number of hydrogen-bond acceptors (Lipinski definition) is 5. The average molecular weight is 342 g/mol. The van der Waals surface area contributed by atoms with Crippen LogP contribution < -0.4 is 10.1 Å². The number of aryl methyl sites for hydroxylation is 1. The largest absolute Gasteiger partial charge is 0.484 e. The normalized spacial score (nSPS) is 10.2. The van der Waals surface area contributed by atoms with E-state index >= 15 is 0 Å². The third-order valence-electron chi connectivity index (χ3n) is 3.54. The lowest BCUT2D eigenvalue weighted by Crippen LogP contribution is -2.28. The summed E-state index contributed by atoms with van der Waals surface area (Å²) in [4.78, 5) is 27.5. The van der Waals surface area contributed by atoms with Crippen LogP contribution in [0.1, 0.15) is 35.0 Å². The van der Waals surface area contributed by atoms with Gasteiger partial charge in [0.2, 0.25) is 0 Å². The van der Waals surface area contributed by atoms with Crippen molar-refractivity contribution in [1.29, 1.82) is 0 Å². The summed E-state index contributed by atoms with van der Waals surface area (Å²) >= 11 is 0. The van der Waals surface area contributed by atoms with Crippen molar-refractivity contribution in [3.63, 3.8) is 0 Å². The highest BCUT2D eigenvalue weighted by Crippen LogP contribution is 2.13. The molecule has 0 radical (unpaired) electrons. The molecule has 1 heterocycles. The minimum Gasteiger partial charge on any atom is -0.484 e. The van der Waals surface area contributed by atoms with E-state index in [1.54, 1.807) is 12.1 Å². The third-order valence-corrected chi connectivity index (χ3v) is 3.54. The van der Waals surface area contributed by atoms with Crippen LogP contribution in [-0.4, -0.2) is 30.6 Å². The molecule has 2 rings (SSSR count). The SMILES string of the molecule is CCCc1ccc(OCC(=O)NCc2cc(C(=O)OC)ccn2)cc1. The first kappa shape index (κ1) is 18.4. The number of benzene rings is 1. The first-order valence-electron chi connectivity index (χ1n) is 8.14. The van der Waals surface area contributed by atoms with E-state index in [2.05, 4.69) is 22.0 Å². The topological polar surface area (TPSA) is 77.5 Å². The van der Waals surface area contributed by atoms with Crippen molar-refractivity contribution in [2.75, 3.05) is 13.7 Å². The lowest BCUT2D eigenvalue weighted by atomic mass is 10.1. The molecule has 1 aromatic carbocycles. The molecular formula is C19H22N2O4. The molecule has 0 unspecified atom stereocenters. The van der Waals surface area contributed by atoms with Crippen molar-refractivity contribution in [3.8, 4) is 5.75 Å². The Morgan fingerprint density at radius 3 is 2.60 bits per heavy atom. The first-order chi connectivity index (χ1) is 12.1. The molecule has 0 fully saturated rings. The highest BCUT2D eigenvalue weighted by atomic mass is 16.5. The summed E-state index contributed by atoms with van der Waals surface area (Å²) in [6, 6.07) is 10.9. The van der Waals surface area contributed by atoms with Gasteiger partial charge in [-0.2, -0.15) is 0 Å². The second-order valence-corrected chi connectivity index (χ2v) is 5.49. The van der Waals surface area contributed by atoms with Gasteiger partial charge in [0, 0.05) is 6.20 Å². The molecule has 0 spiro atoms. The number of carbonyl (C=O) groups excluding carboxylic acids is 2. The van der Waals surface area contributed by atoms with E-state index < -0.39 is 5.97 Å². The van der Waals surface area contributed by atoms with Gasteiger partial charge in [-0.05, 0) is 36.2 Å². The number of nitrogens with one attached hydrogen (secondary N) is 1. The van der Waals surface area contributed by atoms with E-state index in [4.69, 9.17) is 4.74 Å². The Balaban J connectivity index is 1.79. The molecule has 2 aromatic rings. The number of methoxy groups -OCH3 is 1. The second kappa shape index (κ2) is 9.42. The van der Waals surface area contributed by atoms with E-state index in [1.165, 1.54) is 18.9 Å². The molecule has 6 heteroatoms. The van der Waals surface area contributed by atoms with Crippen LogP contribution in [-0.2, 0) is 22.5 Å². The van der Waals surface area contributed by atoms with Gasteiger partial charge in [-0.25, -0.2) is 4.79 Å². The molecule has 25 heavy (non-hydrogen) atoms. The van der Waals surface area contributed by atoms with Gasteiger partial charge < -0.3 is 14.8 Å². The molecule has 0 atom stereocenters. The number of pyridine rings is 1. The van der Waals surface area contributed by atoms with E-state index in [-0.39, 0.29) is 19.1 Å². The first-order valence-corrected chi connectivity index (χ1v) is 8.14. The Kier molecular flexibility index (Phi) is 6.95. The van der Waals surface area contributed by atoms with E-state index in [0.29, 0.717) is 17.0 Å². The summed E-state index contributed by atoms with van der Waals surface area (Å²) in [5, 5.41) is 2.71. The summed E-state index contributed by atoms with van der Waals surface area (Å²) in [7, 11) is 1.32. The number of rotatable bonds is 8. The highest BCUT2D eigenvalue weighted by molar-refractivity contribution is 5.89. The molecule has 0 aliphatic rings. The summed E-state index contributed by atoms with van der Waals surface area (Å²) < 4.78 is 10.1. The zero-order chi connectivity index (χ0) is 18.1. The van der Waals surface area contributed by atoms with Gasteiger partial charge in [0.05, 0.1) is 24.9 Å². The van der Waals surface area contributed by atoms with Crippen LogP contribution in [0, 0.1) is 0 Å². The van der Waals surface area contributed by atoms with Gasteiger partial charge in [0.25, 0.3) is 5.91 Å². The number of esters is 1. The highest BCUT2D eigenvalue weighted by Gasteiger charge is 2.08. The minimum atomic E-state index is -0.440. The van der Waals surface area contributed by atoms with Gasteiger partial charge >= 0.3 is 5.97 Å². The monoisotopic (exact) mass is 342 g/mol. The smallest absolute Gasteiger partial charge is 0.337 e. The van der Waals surface area contributed by atoms with Crippen LogP contribution >= 0.6 is 0 Å². The number of ether oxygens (including phenoxy) is 2. The van der Waals surface area contributed by atoms with Gasteiger partial charge in [0.15, 0.2) is 6.61 Å². The molecular weight excluding hydrogens is 320 g/mol. The summed E-state index contributed by atoms with van der Waals surface area (Å²) in [5.41, 5.74) is 2.21. The Labute approximate surface area is 147 Å². The molecule has 0 aliphatic heterocycles. The number of aromatic nitrogens is 1. The summed E-state index contributed by atoms with van der Waals surface area (Å²) in [5.74, 6) is -0.0476. The molecule has 0 saturated heterocycles. The Morgan fingerprint density at radius 1 is 1.16 bits per heavy atom. The van der Waals surface area contributed by atoms with Crippen molar-refractivity contribution in [2.24, 2.45) is 0 Å². The zero-order valence-corrected chi connectivity index (χ0v) is 14.5. The maximum Gasteiger partial charge on any atom is 0.337 e. The van der Waals surface area contributed by atoms with Crippen LogP contribution in [0.4, 0.5) is 0 Å². The fourth-order valence-corrected chi connectivity index (χ4v) is 2.25. The fourth-order valence-electron chi connectivity index (χ4n) is 2.25. The quantitative estimate of drug-likeness (QED) is 0.746. The molecule has 0 aliphatic carbocycles. The van der Waals surface area contributed by atoms with E-state index in [1.807, 2.05) is 24.3 Å². The zero-order valence-electron chi connectivity index (χ0n) is 14.5. The predicted molar refractivity (Wildman–Crippen MR) is 93.4 cm³/mol. The lowest BCUT2D eigenvalue weighted by molar-refractivity contribution is -0.123. The number of hydrogen-bond donors (Lipinski definition) is 1. The Morgan fingerprint density at radius 2 is 1.92 bits per heavy atom. The van der Waals surface area contributed by atoms with Crippen molar-refractivity contribution in [2.45, 2.75) is 26.3 Å². The summed E-state index contributed by atoms with van der Waals surface area (Å²) in [6.07, 6.45) is 3.62. The van der Waals surface area contributed by atoms with Crippen LogP contribution in [0.15, 0.2) is 42.6 Å². The number of amides is 1. The lowest BCUT2D eigenvalue weighted by Gasteiger charge is -2.08. The Bertz CT molecular complexity index is 714. The maximum atomic E-state index is 11.9. The average Bonchev–Trinajstić information content (AvgIpc) is 2.65. The van der Waals surface area contributed by atoms with E-state index in [0.717, 1.165) is 12.8 Å². The van der Waals surface area contributed by atoms with Crippen molar-refractivity contribution < 1.29 is 19.1 Å². The van der Waals surface area contributed by atoms with Gasteiger partial charge in [-0.15, -0.1) is 0 Å².